The number of halogens is 1. The van der Waals surface area contributed by atoms with Gasteiger partial charge >= 0.3 is 5.97 Å². The molecule has 0 spiro atoms. The highest BCUT2D eigenvalue weighted by Crippen LogP contribution is 2.27. The number of hydrogen-bond acceptors (Lipinski definition) is 1. The molecule has 0 aliphatic rings. The van der Waals surface area contributed by atoms with Crippen LogP contribution in [0.15, 0.2) is 22.7 Å². The average molecular weight is 271 g/mol. The van der Waals surface area contributed by atoms with Crippen LogP contribution >= 0.6 is 15.9 Å². The summed E-state index contributed by atoms with van der Waals surface area (Å²) in [5, 5.41) is 8.79. The lowest BCUT2D eigenvalue weighted by atomic mass is 9.93. The van der Waals surface area contributed by atoms with Crippen molar-refractivity contribution in [2.24, 2.45) is 0 Å². The minimum Gasteiger partial charge on any atom is -0.481 e. The van der Waals surface area contributed by atoms with Crippen molar-refractivity contribution >= 4 is 21.9 Å². The summed E-state index contributed by atoms with van der Waals surface area (Å²) in [5.41, 5.74) is 2.27. The molecule has 0 aliphatic carbocycles. The Hall–Kier alpha value is -0.830. The van der Waals surface area contributed by atoms with Gasteiger partial charge in [-0.3, -0.25) is 4.79 Å². The maximum atomic E-state index is 10.7. The van der Waals surface area contributed by atoms with Gasteiger partial charge in [0, 0.05) is 4.47 Å². The first-order valence-electron chi connectivity index (χ1n) is 5.02. The molecule has 1 N–H and O–H groups in total. The van der Waals surface area contributed by atoms with Crippen LogP contribution < -0.4 is 0 Å². The van der Waals surface area contributed by atoms with E-state index in [1.54, 1.807) is 0 Å². The quantitative estimate of drug-likeness (QED) is 0.906. The van der Waals surface area contributed by atoms with E-state index < -0.39 is 5.97 Å². The number of carboxylic acid groups (broad SMARTS) is 1. The molecule has 1 rings (SSSR count). The Kier molecular flexibility index (Phi) is 4.33. The lowest BCUT2D eigenvalue weighted by Crippen LogP contribution is -2.05. The highest BCUT2D eigenvalue weighted by Gasteiger charge is 2.13. The van der Waals surface area contributed by atoms with Crippen LogP contribution in [0.5, 0.6) is 0 Å². The molecule has 1 atom stereocenters. The van der Waals surface area contributed by atoms with Crippen LogP contribution in [0, 0.1) is 6.92 Å². The van der Waals surface area contributed by atoms with E-state index in [0.29, 0.717) is 0 Å². The first kappa shape index (κ1) is 12.2. The fourth-order valence-electron chi connectivity index (χ4n) is 1.57. The molecule has 0 aromatic heterocycles. The molecular weight excluding hydrogens is 256 g/mol. The predicted octanol–water partition coefficient (Wildman–Crippen LogP) is 3.73. The SMILES string of the molecule is CCC(CC(=O)O)c1ccc(C)c(Br)c1. The van der Waals surface area contributed by atoms with E-state index in [1.807, 2.05) is 32.0 Å². The fourth-order valence-corrected chi connectivity index (χ4v) is 1.97. The van der Waals surface area contributed by atoms with Gasteiger partial charge in [0.2, 0.25) is 0 Å². The molecule has 1 aromatic carbocycles. The summed E-state index contributed by atoms with van der Waals surface area (Å²) in [6.45, 7) is 4.04. The summed E-state index contributed by atoms with van der Waals surface area (Å²) in [7, 11) is 0. The second-order valence-corrected chi connectivity index (χ2v) is 4.57. The summed E-state index contributed by atoms with van der Waals surface area (Å²) in [4.78, 5) is 10.7. The van der Waals surface area contributed by atoms with Crippen molar-refractivity contribution in [2.45, 2.75) is 32.6 Å². The molecule has 0 aliphatic heterocycles. The summed E-state index contributed by atoms with van der Waals surface area (Å²) >= 11 is 3.46. The molecule has 0 amide bonds. The largest absolute Gasteiger partial charge is 0.481 e. The molecule has 2 nitrogen and oxygen atoms in total. The van der Waals surface area contributed by atoms with Gasteiger partial charge in [0.25, 0.3) is 0 Å². The van der Waals surface area contributed by atoms with Gasteiger partial charge in [-0.15, -0.1) is 0 Å². The maximum absolute atomic E-state index is 10.7. The first-order valence-corrected chi connectivity index (χ1v) is 5.81. The summed E-state index contributed by atoms with van der Waals surface area (Å²) in [6.07, 6.45) is 1.05. The summed E-state index contributed by atoms with van der Waals surface area (Å²) < 4.78 is 1.05. The molecule has 15 heavy (non-hydrogen) atoms. The Morgan fingerprint density at radius 3 is 2.67 bits per heavy atom. The van der Waals surface area contributed by atoms with E-state index >= 15 is 0 Å². The number of hydrogen-bond donors (Lipinski definition) is 1. The number of aryl methyl sites for hydroxylation is 1. The molecular formula is C12H15BrO2. The normalized spacial score (nSPS) is 12.5. The van der Waals surface area contributed by atoms with Crippen LogP contribution in [-0.4, -0.2) is 11.1 Å². The standard InChI is InChI=1S/C12H15BrO2/c1-3-9(7-12(14)15)10-5-4-8(2)11(13)6-10/h4-6,9H,3,7H2,1-2H3,(H,14,15). The Balaban J connectivity index is 2.92. The Morgan fingerprint density at radius 2 is 2.20 bits per heavy atom. The topological polar surface area (TPSA) is 37.3 Å². The molecule has 0 fully saturated rings. The predicted molar refractivity (Wildman–Crippen MR) is 64.2 cm³/mol. The van der Waals surface area contributed by atoms with Crippen molar-refractivity contribution in [3.63, 3.8) is 0 Å². The summed E-state index contributed by atoms with van der Waals surface area (Å²) in [5.74, 6) is -0.627. The number of rotatable bonds is 4. The van der Waals surface area contributed by atoms with Crippen molar-refractivity contribution < 1.29 is 9.90 Å². The number of carboxylic acids is 1. The molecule has 0 bridgehead atoms. The molecule has 0 saturated heterocycles. The van der Waals surface area contributed by atoms with Crippen LogP contribution in [0.4, 0.5) is 0 Å². The third kappa shape index (κ3) is 3.34. The second-order valence-electron chi connectivity index (χ2n) is 3.71. The Bertz CT molecular complexity index is 361. The van der Waals surface area contributed by atoms with Crippen molar-refractivity contribution in [1.82, 2.24) is 0 Å². The van der Waals surface area contributed by atoms with Crippen molar-refractivity contribution in [2.75, 3.05) is 0 Å². The molecule has 1 unspecified atom stereocenters. The van der Waals surface area contributed by atoms with Crippen molar-refractivity contribution in [3.8, 4) is 0 Å². The lowest BCUT2D eigenvalue weighted by molar-refractivity contribution is -0.137. The van der Waals surface area contributed by atoms with Gasteiger partial charge in [-0.2, -0.15) is 0 Å². The minimum atomic E-state index is -0.737. The molecule has 82 valence electrons. The first-order chi connectivity index (χ1) is 7.04. The zero-order valence-corrected chi connectivity index (χ0v) is 10.5. The van der Waals surface area contributed by atoms with Crippen LogP contribution in [0.2, 0.25) is 0 Å². The summed E-state index contributed by atoms with van der Waals surface area (Å²) in [6, 6.07) is 6.05. The zero-order valence-electron chi connectivity index (χ0n) is 8.96. The van der Waals surface area contributed by atoms with Gasteiger partial charge in [0.15, 0.2) is 0 Å². The van der Waals surface area contributed by atoms with Crippen LogP contribution in [0.25, 0.3) is 0 Å². The van der Waals surface area contributed by atoms with E-state index in [0.717, 1.165) is 16.5 Å². The Morgan fingerprint density at radius 1 is 1.53 bits per heavy atom. The second kappa shape index (κ2) is 5.31. The van der Waals surface area contributed by atoms with E-state index in [9.17, 15) is 4.79 Å². The van der Waals surface area contributed by atoms with Gasteiger partial charge in [0.05, 0.1) is 6.42 Å². The van der Waals surface area contributed by atoms with Crippen LogP contribution in [0.1, 0.15) is 36.8 Å². The van der Waals surface area contributed by atoms with E-state index in [4.69, 9.17) is 5.11 Å². The van der Waals surface area contributed by atoms with E-state index in [2.05, 4.69) is 15.9 Å². The highest BCUT2D eigenvalue weighted by atomic mass is 79.9. The minimum absolute atomic E-state index is 0.111. The number of benzene rings is 1. The van der Waals surface area contributed by atoms with Gasteiger partial charge in [-0.1, -0.05) is 35.0 Å². The third-order valence-corrected chi connectivity index (χ3v) is 3.44. The smallest absolute Gasteiger partial charge is 0.303 e. The highest BCUT2D eigenvalue weighted by molar-refractivity contribution is 9.10. The maximum Gasteiger partial charge on any atom is 0.303 e. The molecule has 0 heterocycles. The van der Waals surface area contributed by atoms with Gasteiger partial charge in [-0.05, 0) is 36.5 Å². The lowest BCUT2D eigenvalue weighted by Gasteiger charge is -2.13. The number of aliphatic carboxylic acids is 1. The Labute approximate surface area is 98.4 Å². The molecule has 3 heteroatoms. The zero-order chi connectivity index (χ0) is 11.4. The number of carbonyl (C=O) groups is 1. The van der Waals surface area contributed by atoms with Gasteiger partial charge in [0.1, 0.15) is 0 Å². The monoisotopic (exact) mass is 270 g/mol. The van der Waals surface area contributed by atoms with Crippen LogP contribution in [-0.2, 0) is 4.79 Å². The van der Waals surface area contributed by atoms with Crippen molar-refractivity contribution in [1.29, 1.82) is 0 Å². The average Bonchev–Trinajstić information content (AvgIpc) is 2.18. The van der Waals surface area contributed by atoms with Gasteiger partial charge in [-0.25, -0.2) is 0 Å². The van der Waals surface area contributed by atoms with Crippen molar-refractivity contribution in [3.05, 3.63) is 33.8 Å². The fraction of sp³-hybridized carbons (Fsp3) is 0.417. The molecule has 0 saturated carbocycles. The van der Waals surface area contributed by atoms with Crippen LogP contribution in [0.3, 0.4) is 0 Å². The van der Waals surface area contributed by atoms with Gasteiger partial charge < -0.3 is 5.11 Å². The third-order valence-electron chi connectivity index (χ3n) is 2.58. The molecule has 0 radical (unpaired) electrons. The molecule has 1 aromatic rings. The van der Waals surface area contributed by atoms with E-state index in [-0.39, 0.29) is 12.3 Å². The van der Waals surface area contributed by atoms with E-state index in [1.165, 1.54) is 5.56 Å².